The summed E-state index contributed by atoms with van der Waals surface area (Å²) in [5.41, 5.74) is 4.63. The normalized spacial score (nSPS) is 9.88. The van der Waals surface area contributed by atoms with Gasteiger partial charge in [-0.15, -0.1) is 0 Å². The van der Waals surface area contributed by atoms with Crippen molar-refractivity contribution in [2.45, 2.75) is 0 Å². The summed E-state index contributed by atoms with van der Waals surface area (Å²) < 4.78 is 1.37. The van der Waals surface area contributed by atoms with E-state index in [1.165, 1.54) is 4.53 Å². The van der Waals surface area contributed by atoms with Crippen molar-refractivity contribution in [1.29, 1.82) is 0 Å². The zero-order valence-corrected chi connectivity index (χ0v) is 9.91. The van der Waals surface area contributed by atoms with E-state index >= 15 is 0 Å². The molecule has 0 aliphatic heterocycles. The van der Waals surface area contributed by atoms with Crippen LogP contribution in [0.1, 0.15) is 0 Å². The maximum atomic E-state index is 6.08. The van der Waals surface area contributed by atoms with E-state index in [0.29, 0.717) is 5.02 Å². The number of nitrogens with zero attached hydrogens (tertiary/aromatic N) is 1. The van der Waals surface area contributed by atoms with Gasteiger partial charge in [-0.25, -0.2) is 0 Å². The van der Waals surface area contributed by atoms with Gasteiger partial charge in [0.15, 0.2) is 0 Å². The summed E-state index contributed by atoms with van der Waals surface area (Å²) in [6.45, 7) is 0. The van der Waals surface area contributed by atoms with E-state index in [4.69, 9.17) is 23.4 Å². The smallest absolute Gasteiger partial charge is 0.0946 e. The fourth-order valence-corrected chi connectivity index (χ4v) is 1.81. The summed E-state index contributed by atoms with van der Waals surface area (Å²) in [5, 5.41) is 0.598. The summed E-state index contributed by atoms with van der Waals surface area (Å²) >= 11 is 12.1. The Morgan fingerprint density at radius 1 is 0.875 bits per heavy atom. The Kier molecular flexibility index (Phi) is 3.54. The van der Waals surface area contributed by atoms with Gasteiger partial charge in [0, 0.05) is 11.8 Å². The zero-order valence-electron chi connectivity index (χ0n) is 8.40. The highest BCUT2D eigenvalue weighted by Crippen LogP contribution is 2.26. The van der Waals surface area contributed by atoms with Crippen molar-refractivity contribution in [2.24, 2.45) is 0 Å². The standard InChI is InChI=1S/C12H10Cl2N2/c13-11-8-4-5-9-12(11)16(14)15-10-6-2-1-3-7-10/h1-9,15H. The highest BCUT2D eigenvalue weighted by molar-refractivity contribution is 6.36. The summed E-state index contributed by atoms with van der Waals surface area (Å²) in [4.78, 5) is 0. The molecule has 0 spiro atoms. The van der Waals surface area contributed by atoms with Gasteiger partial charge < -0.3 is 0 Å². The number of anilines is 2. The Labute approximate surface area is 104 Å². The van der Waals surface area contributed by atoms with Crippen molar-refractivity contribution in [3.05, 3.63) is 59.6 Å². The fraction of sp³-hybridized carbons (Fsp3) is 0. The van der Waals surface area contributed by atoms with Gasteiger partial charge in [-0.2, -0.15) is 4.53 Å². The lowest BCUT2D eigenvalue weighted by molar-refractivity contribution is 1.27. The Morgan fingerprint density at radius 2 is 1.50 bits per heavy atom. The van der Waals surface area contributed by atoms with Gasteiger partial charge in [-0.1, -0.05) is 41.9 Å². The molecule has 2 aromatic rings. The van der Waals surface area contributed by atoms with Crippen LogP contribution >= 0.6 is 23.4 Å². The monoisotopic (exact) mass is 252 g/mol. The van der Waals surface area contributed by atoms with E-state index in [1.54, 1.807) is 6.07 Å². The Bertz CT molecular complexity index is 460. The first-order valence-corrected chi connectivity index (χ1v) is 5.51. The SMILES string of the molecule is Clc1ccccc1N(Cl)Nc1ccccc1. The van der Waals surface area contributed by atoms with Crippen molar-refractivity contribution in [3.8, 4) is 0 Å². The molecular weight excluding hydrogens is 243 g/mol. The summed E-state index contributed by atoms with van der Waals surface area (Å²) in [6, 6.07) is 17.0. The zero-order chi connectivity index (χ0) is 11.4. The number of hydrogen-bond donors (Lipinski definition) is 1. The van der Waals surface area contributed by atoms with Crippen LogP contribution in [0.4, 0.5) is 11.4 Å². The number of nitrogens with one attached hydrogen (secondary N) is 1. The lowest BCUT2D eigenvalue weighted by atomic mass is 10.3. The van der Waals surface area contributed by atoms with Crippen LogP contribution in [0.25, 0.3) is 0 Å². The molecule has 2 rings (SSSR count). The third kappa shape index (κ3) is 2.60. The Morgan fingerprint density at radius 3 is 2.19 bits per heavy atom. The summed E-state index contributed by atoms with van der Waals surface area (Å²) in [6.07, 6.45) is 0. The van der Waals surface area contributed by atoms with Crippen molar-refractivity contribution in [2.75, 3.05) is 9.95 Å². The molecular formula is C12H10Cl2N2. The minimum absolute atomic E-state index is 0.598. The van der Waals surface area contributed by atoms with Crippen LogP contribution in [0.15, 0.2) is 54.6 Å². The largest absolute Gasteiger partial charge is 0.284 e. The molecule has 2 nitrogen and oxygen atoms in total. The van der Waals surface area contributed by atoms with Crippen molar-refractivity contribution >= 4 is 34.8 Å². The van der Waals surface area contributed by atoms with E-state index in [-0.39, 0.29) is 0 Å². The molecule has 82 valence electrons. The number of rotatable bonds is 3. The van der Waals surface area contributed by atoms with E-state index in [9.17, 15) is 0 Å². The molecule has 0 aliphatic rings. The second kappa shape index (κ2) is 5.10. The molecule has 1 N–H and O–H groups in total. The van der Waals surface area contributed by atoms with Crippen LogP contribution in [0.2, 0.25) is 5.02 Å². The molecule has 2 aromatic carbocycles. The predicted octanol–water partition coefficient (Wildman–Crippen LogP) is 4.33. The first-order valence-electron chi connectivity index (χ1n) is 4.79. The second-order valence-corrected chi connectivity index (χ2v) is 3.96. The third-order valence-electron chi connectivity index (χ3n) is 2.07. The molecule has 0 atom stereocenters. The van der Waals surface area contributed by atoms with Crippen LogP contribution < -0.4 is 9.95 Å². The Hall–Kier alpha value is -1.38. The average molecular weight is 253 g/mol. The van der Waals surface area contributed by atoms with Gasteiger partial charge in [0.05, 0.1) is 16.4 Å². The molecule has 0 saturated heterocycles. The number of halogens is 2. The quantitative estimate of drug-likeness (QED) is 0.647. The van der Waals surface area contributed by atoms with Crippen LogP contribution in [0.5, 0.6) is 0 Å². The minimum Gasteiger partial charge on any atom is -0.284 e. The highest BCUT2D eigenvalue weighted by Gasteiger charge is 2.06. The van der Waals surface area contributed by atoms with Crippen LogP contribution in [0, 0.1) is 0 Å². The first-order chi connectivity index (χ1) is 7.77. The van der Waals surface area contributed by atoms with Crippen molar-refractivity contribution < 1.29 is 0 Å². The van der Waals surface area contributed by atoms with Crippen LogP contribution in [-0.2, 0) is 0 Å². The predicted molar refractivity (Wildman–Crippen MR) is 69.8 cm³/mol. The molecule has 0 aromatic heterocycles. The second-order valence-electron chi connectivity index (χ2n) is 3.21. The van der Waals surface area contributed by atoms with Crippen LogP contribution in [-0.4, -0.2) is 0 Å². The van der Waals surface area contributed by atoms with Crippen LogP contribution in [0.3, 0.4) is 0 Å². The molecule has 16 heavy (non-hydrogen) atoms. The van der Waals surface area contributed by atoms with Gasteiger partial charge in [-0.05, 0) is 24.3 Å². The maximum absolute atomic E-state index is 6.08. The lowest BCUT2D eigenvalue weighted by Crippen LogP contribution is -2.18. The minimum atomic E-state index is 0.598. The fourth-order valence-electron chi connectivity index (χ4n) is 1.30. The first kappa shape index (κ1) is 11.1. The van der Waals surface area contributed by atoms with Gasteiger partial charge in [-0.3, -0.25) is 5.43 Å². The topological polar surface area (TPSA) is 15.3 Å². The molecule has 0 fully saturated rings. The Balaban J connectivity index is 2.15. The van der Waals surface area contributed by atoms with Gasteiger partial charge >= 0.3 is 0 Å². The molecule has 0 aliphatic carbocycles. The lowest BCUT2D eigenvalue weighted by Gasteiger charge is -2.18. The molecule has 0 heterocycles. The molecule has 4 heteroatoms. The van der Waals surface area contributed by atoms with E-state index in [0.717, 1.165) is 11.4 Å². The number of benzene rings is 2. The van der Waals surface area contributed by atoms with Gasteiger partial charge in [0.1, 0.15) is 0 Å². The third-order valence-corrected chi connectivity index (χ3v) is 2.65. The molecule has 0 amide bonds. The summed E-state index contributed by atoms with van der Waals surface area (Å²) in [7, 11) is 0. The molecule has 0 radical (unpaired) electrons. The highest BCUT2D eigenvalue weighted by atomic mass is 35.5. The number of para-hydroxylation sites is 2. The number of hydrazine groups is 1. The van der Waals surface area contributed by atoms with E-state index in [1.807, 2.05) is 48.5 Å². The number of hydrogen-bond acceptors (Lipinski definition) is 2. The molecule has 0 bridgehead atoms. The maximum Gasteiger partial charge on any atom is 0.0946 e. The van der Waals surface area contributed by atoms with E-state index in [2.05, 4.69) is 5.43 Å². The molecule has 0 unspecified atom stereocenters. The van der Waals surface area contributed by atoms with Gasteiger partial charge in [0.2, 0.25) is 0 Å². The average Bonchev–Trinajstić information content (AvgIpc) is 2.31. The van der Waals surface area contributed by atoms with Gasteiger partial charge in [0.25, 0.3) is 0 Å². The summed E-state index contributed by atoms with van der Waals surface area (Å²) in [5.74, 6) is 0. The van der Waals surface area contributed by atoms with E-state index < -0.39 is 0 Å². The van der Waals surface area contributed by atoms with Crippen molar-refractivity contribution in [1.82, 2.24) is 0 Å². The van der Waals surface area contributed by atoms with Crippen molar-refractivity contribution in [3.63, 3.8) is 0 Å². The molecule has 0 saturated carbocycles.